The van der Waals surface area contributed by atoms with Crippen molar-refractivity contribution in [2.75, 3.05) is 46.4 Å². The van der Waals surface area contributed by atoms with E-state index in [1.165, 1.54) is 18.9 Å². The van der Waals surface area contributed by atoms with Gasteiger partial charge < -0.3 is 99.4 Å². The van der Waals surface area contributed by atoms with E-state index in [0.717, 1.165) is 4.90 Å². The van der Waals surface area contributed by atoms with E-state index in [2.05, 4.69) is 26.6 Å². The number of carbonyl (C=O) groups excluding carboxylic acids is 6. The maximum absolute atomic E-state index is 14.5. The molecule has 26 heteroatoms. The number of carbonyl (C=O) groups is 6. The van der Waals surface area contributed by atoms with Crippen LogP contribution in [0.3, 0.4) is 0 Å². The molecule has 0 radical (unpaired) electrons. The molecular weight excluding hydrogens is 1050 g/mol. The van der Waals surface area contributed by atoms with Gasteiger partial charge in [0, 0.05) is 26.1 Å². The zero-order valence-electron chi connectivity index (χ0n) is 50.1. The highest BCUT2D eigenvalue weighted by atomic mass is 16.7. The molecule has 6 amide bonds. The molecule has 11 atom stereocenters. The van der Waals surface area contributed by atoms with Gasteiger partial charge in [-0.2, -0.15) is 0 Å². The Labute approximate surface area is 471 Å². The van der Waals surface area contributed by atoms with E-state index in [0.29, 0.717) is 25.1 Å². The minimum absolute atomic E-state index is 0.0483. The molecule has 0 bridgehead atoms. The van der Waals surface area contributed by atoms with Crippen molar-refractivity contribution in [1.29, 1.82) is 0 Å². The van der Waals surface area contributed by atoms with Crippen LogP contribution in [-0.4, -0.2) is 214 Å². The highest BCUT2D eigenvalue weighted by Gasteiger charge is 2.54. The molecule has 460 valence electrons. The number of amides is 6. The fourth-order valence-electron chi connectivity index (χ4n) is 9.08. The number of nitrogens with zero attached hydrogens (tertiary/aromatic N) is 2. The van der Waals surface area contributed by atoms with Gasteiger partial charge in [-0.25, -0.2) is 24.0 Å². The second kappa shape index (κ2) is 27.4. The number of likely N-dealkylation sites (tertiary alicyclic amines) is 1. The molecular formula is C54H95N7O19. The molecule has 1 saturated heterocycles. The minimum atomic E-state index is -2.20. The molecule has 9 N–H and O–H groups in total. The summed E-state index contributed by atoms with van der Waals surface area (Å²) in [5, 5.41) is 61.3. The fourth-order valence-corrected chi connectivity index (χ4v) is 9.08. The summed E-state index contributed by atoms with van der Waals surface area (Å²) in [6, 6.07) is -4.84. The van der Waals surface area contributed by atoms with E-state index in [1.54, 1.807) is 110 Å². The number of hydrogen-bond acceptors (Lipinski definition) is 20. The van der Waals surface area contributed by atoms with Crippen LogP contribution in [0.25, 0.3) is 0 Å². The molecule has 4 rings (SSSR count). The van der Waals surface area contributed by atoms with Gasteiger partial charge in [-0.1, -0.05) is 0 Å². The number of β-amino-alcohol motifs (C(OH)–C–C–N with tert-alkyl or cyclic N) is 1. The Morgan fingerprint density at radius 3 is 1.81 bits per heavy atom. The Kier molecular flexibility index (Phi) is 23.1. The van der Waals surface area contributed by atoms with Crippen LogP contribution < -0.4 is 26.6 Å². The summed E-state index contributed by atoms with van der Waals surface area (Å²) >= 11 is 0. The zero-order valence-corrected chi connectivity index (χ0v) is 50.1. The Bertz CT molecular complexity index is 2130. The molecule has 0 spiro atoms. The molecule has 2 saturated carbocycles. The van der Waals surface area contributed by atoms with Crippen LogP contribution in [0.15, 0.2) is 11.8 Å². The number of ether oxygens (including phenoxy) is 9. The lowest BCUT2D eigenvalue weighted by Crippen LogP contribution is -2.69. The standard InChI is InChI=1S/C54H95N7O19/c1-30(60(17)47(69)79-52(11,12)13)37(63)42(72-23-22-62)75-39-35(57-43(65)54(71)20-21-61(29-54)48(70)80-53(14,15)16)26-36(59-46(68)78-51(8,9)10)40(38(39)64)74-41-34(58-45(67)77-50(5,6)7)19-18-33(73-41)28-55-27-31-24-32(25-31)56-44(66)76-49(2,3)4/h18,30-32,34-42,55,62-64,71H,19-29H2,1-17H3,(H,56,66)(H,57,65)(H,58,67)(H,59,68)/t30-,31?,32?,34+,35+,36-,37+,38+,39-,40+,41+,42+,54?/m0/s1. The van der Waals surface area contributed by atoms with Crippen LogP contribution in [0.1, 0.15) is 143 Å². The normalized spacial score (nSPS) is 27.6. The van der Waals surface area contributed by atoms with Crippen molar-refractivity contribution < 1.29 is 91.8 Å². The van der Waals surface area contributed by atoms with Crippen molar-refractivity contribution in [2.24, 2.45) is 5.92 Å². The Hall–Kier alpha value is -4.96. The molecule has 26 nitrogen and oxygen atoms in total. The first-order chi connectivity index (χ1) is 36.6. The number of alkyl carbamates (subject to hydrolysis) is 3. The van der Waals surface area contributed by atoms with Gasteiger partial charge in [-0.15, -0.1) is 0 Å². The zero-order chi connectivity index (χ0) is 60.5. The quantitative estimate of drug-likeness (QED) is 0.0658. The van der Waals surface area contributed by atoms with Crippen LogP contribution in [0.2, 0.25) is 0 Å². The average Bonchev–Trinajstić information content (AvgIpc) is 3.69. The summed E-state index contributed by atoms with van der Waals surface area (Å²) in [6.07, 6.45) is -11.2. The molecule has 0 aromatic carbocycles. The number of rotatable bonds is 19. The van der Waals surface area contributed by atoms with Gasteiger partial charge >= 0.3 is 30.5 Å². The van der Waals surface area contributed by atoms with Crippen molar-refractivity contribution in [3.05, 3.63) is 11.8 Å². The molecule has 80 heavy (non-hydrogen) atoms. The highest BCUT2D eigenvalue weighted by molar-refractivity contribution is 5.87. The number of aliphatic hydroxyl groups excluding tert-OH is 3. The summed E-state index contributed by atoms with van der Waals surface area (Å²) in [6.45, 7) is 26.1. The first-order valence-corrected chi connectivity index (χ1v) is 27.6. The molecule has 2 heterocycles. The van der Waals surface area contributed by atoms with Crippen LogP contribution in [0.5, 0.6) is 0 Å². The molecule has 4 aliphatic rings. The number of aliphatic hydroxyl groups is 4. The molecule has 0 aromatic rings. The first kappa shape index (κ1) is 67.5. The largest absolute Gasteiger partial charge is 0.466 e. The maximum Gasteiger partial charge on any atom is 0.410 e. The third-order valence-corrected chi connectivity index (χ3v) is 12.9. The third-order valence-electron chi connectivity index (χ3n) is 12.9. The highest BCUT2D eigenvalue weighted by Crippen LogP contribution is 2.34. The van der Waals surface area contributed by atoms with Gasteiger partial charge in [0.25, 0.3) is 5.91 Å². The summed E-state index contributed by atoms with van der Waals surface area (Å²) in [7, 11) is 1.38. The van der Waals surface area contributed by atoms with Gasteiger partial charge in [0.2, 0.25) is 6.29 Å². The van der Waals surface area contributed by atoms with Crippen LogP contribution in [0.4, 0.5) is 24.0 Å². The van der Waals surface area contributed by atoms with E-state index >= 15 is 0 Å². The van der Waals surface area contributed by atoms with Crippen molar-refractivity contribution in [3.63, 3.8) is 0 Å². The first-order valence-electron chi connectivity index (χ1n) is 27.6. The van der Waals surface area contributed by atoms with Crippen molar-refractivity contribution >= 4 is 36.4 Å². The number of likely N-dealkylation sites (N-methyl/N-ethyl adjacent to an activating group) is 1. The van der Waals surface area contributed by atoms with Crippen molar-refractivity contribution in [2.45, 2.75) is 244 Å². The Morgan fingerprint density at radius 1 is 0.750 bits per heavy atom. The summed E-state index contributed by atoms with van der Waals surface area (Å²) in [5.41, 5.74) is -6.56. The van der Waals surface area contributed by atoms with E-state index in [1.807, 2.05) is 0 Å². The maximum atomic E-state index is 14.5. The summed E-state index contributed by atoms with van der Waals surface area (Å²) < 4.78 is 53.3. The van der Waals surface area contributed by atoms with Gasteiger partial charge in [-0.05, 0) is 155 Å². The smallest absolute Gasteiger partial charge is 0.410 e. The van der Waals surface area contributed by atoms with Crippen LogP contribution in [-0.2, 0) is 47.4 Å². The van der Waals surface area contributed by atoms with Crippen molar-refractivity contribution in [3.8, 4) is 0 Å². The minimum Gasteiger partial charge on any atom is -0.466 e. The predicted molar refractivity (Wildman–Crippen MR) is 289 cm³/mol. The monoisotopic (exact) mass is 1150 g/mol. The van der Waals surface area contributed by atoms with Gasteiger partial charge in [-0.3, -0.25) is 4.79 Å². The van der Waals surface area contributed by atoms with Crippen LogP contribution >= 0.6 is 0 Å². The van der Waals surface area contributed by atoms with E-state index in [4.69, 9.17) is 42.6 Å². The topological polar surface area (TPSA) is 333 Å². The SMILES string of the molecule is C[C@@H]([C@@H](O)[C@H](OCCO)O[C@@H]1[C@@H](O)[C@H](O[C@H]2OC(CNCC3CC(NC(=O)OC(C)(C)C)C3)=CC[C@H]2NC(=O)OC(C)(C)C)[C@@H](NC(=O)OC(C)(C)C)C[C@H]1NC(=O)C1(O)CCN(C(=O)OC(C)(C)C)C1)N(C)C(=O)OC(C)(C)C. The predicted octanol–water partition coefficient (Wildman–Crippen LogP) is 3.64. The van der Waals surface area contributed by atoms with Gasteiger partial charge in [0.1, 0.15) is 58.2 Å². The average molecular weight is 1150 g/mol. The molecule has 2 aliphatic heterocycles. The number of hydrogen-bond donors (Lipinski definition) is 9. The Morgan fingerprint density at radius 2 is 1.27 bits per heavy atom. The molecule has 1 unspecified atom stereocenters. The van der Waals surface area contributed by atoms with E-state index in [-0.39, 0.29) is 44.3 Å². The van der Waals surface area contributed by atoms with Gasteiger partial charge in [0.05, 0.1) is 50.5 Å². The van der Waals surface area contributed by atoms with E-state index in [9.17, 15) is 49.2 Å². The fraction of sp³-hybridized carbons (Fsp3) is 0.852. The number of nitrogens with one attached hydrogen (secondary N) is 5. The Balaban J connectivity index is 1.74. The summed E-state index contributed by atoms with van der Waals surface area (Å²) in [4.78, 5) is 82.6. The lowest BCUT2D eigenvalue weighted by molar-refractivity contribution is -0.276. The molecule has 2 aliphatic carbocycles. The second-order valence-electron chi connectivity index (χ2n) is 26.2. The van der Waals surface area contributed by atoms with Crippen molar-refractivity contribution in [1.82, 2.24) is 36.4 Å². The van der Waals surface area contributed by atoms with Crippen LogP contribution in [0, 0.1) is 5.92 Å². The second-order valence-corrected chi connectivity index (χ2v) is 26.2. The molecule has 3 fully saturated rings. The van der Waals surface area contributed by atoms with E-state index < -0.39 is 151 Å². The van der Waals surface area contributed by atoms with Gasteiger partial charge in [0.15, 0.2) is 11.9 Å². The summed E-state index contributed by atoms with van der Waals surface area (Å²) in [5.74, 6) is -0.376. The lowest BCUT2D eigenvalue weighted by Gasteiger charge is -2.48. The third kappa shape index (κ3) is 21.7. The molecule has 0 aromatic heterocycles. The lowest BCUT2D eigenvalue weighted by atomic mass is 9.80.